The largest absolute Gasteiger partial charge is 0.501 e. The van der Waals surface area contributed by atoms with Crippen molar-refractivity contribution < 1.29 is 9.53 Å². The molecule has 0 unspecified atom stereocenters. The van der Waals surface area contributed by atoms with Crippen molar-refractivity contribution >= 4 is 17.8 Å². The summed E-state index contributed by atoms with van der Waals surface area (Å²) in [6.45, 7) is 0.740. The van der Waals surface area contributed by atoms with Crippen LogP contribution in [0.5, 0.6) is 0 Å². The number of allylic oxidation sites excluding steroid dienone is 1. The third-order valence-electron chi connectivity index (χ3n) is 2.56. The molecule has 5 nitrogen and oxygen atoms in total. The number of carbonyl (C=O) groups excluding carboxylic acids is 1. The van der Waals surface area contributed by atoms with Crippen LogP contribution in [0.25, 0.3) is 0 Å². The lowest BCUT2D eigenvalue weighted by Crippen LogP contribution is -2.19. The smallest absolute Gasteiger partial charge is 0.273 e. The number of anilines is 1. The minimum Gasteiger partial charge on any atom is -0.501 e. The van der Waals surface area contributed by atoms with E-state index < -0.39 is 0 Å². The molecule has 0 aromatic heterocycles. The molecule has 2 rings (SSSR count). The van der Waals surface area contributed by atoms with Crippen LogP contribution in [0.1, 0.15) is 23.2 Å². The van der Waals surface area contributed by atoms with Crippen LogP contribution in [0.3, 0.4) is 0 Å². The molecule has 1 aliphatic rings. The molecule has 0 saturated heterocycles. The van der Waals surface area contributed by atoms with Gasteiger partial charge in [0.15, 0.2) is 0 Å². The molecule has 1 heterocycles. The maximum Gasteiger partial charge on any atom is 0.273 e. The normalized spacial score (nSPS) is 15.0. The van der Waals surface area contributed by atoms with Gasteiger partial charge in [0.1, 0.15) is 0 Å². The predicted molar refractivity (Wildman–Crippen MR) is 70.1 cm³/mol. The molecule has 1 aliphatic heterocycles. The summed E-state index contributed by atoms with van der Waals surface area (Å²) in [5.74, 6) is -0.318. The summed E-state index contributed by atoms with van der Waals surface area (Å²) >= 11 is 0. The highest BCUT2D eigenvalue weighted by atomic mass is 16.5. The SMILES string of the molecule is Nc1ccccc1C(=O)N/N=C/C1=COCCC1. The number of nitrogens with one attached hydrogen (secondary N) is 1. The van der Waals surface area contributed by atoms with Crippen LogP contribution >= 0.6 is 0 Å². The first-order valence-corrected chi connectivity index (χ1v) is 5.76. The third-order valence-corrected chi connectivity index (χ3v) is 2.56. The van der Waals surface area contributed by atoms with Gasteiger partial charge in [-0.2, -0.15) is 5.10 Å². The molecule has 0 saturated carbocycles. The van der Waals surface area contributed by atoms with Gasteiger partial charge in [-0.3, -0.25) is 4.79 Å². The van der Waals surface area contributed by atoms with Crippen molar-refractivity contribution in [2.75, 3.05) is 12.3 Å². The average molecular weight is 245 g/mol. The molecule has 0 atom stereocenters. The van der Waals surface area contributed by atoms with E-state index in [1.54, 1.807) is 36.7 Å². The number of nitrogens with zero attached hydrogens (tertiary/aromatic N) is 1. The number of rotatable bonds is 3. The van der Waals surface area contributed by atoms with Gasteiger partial charge in [0, 0.05) is 11.3 Å². The van der Waals surface area contributed by atoms with Gasteiger partial charge in [0.05, 0.1) is 24.6 Å². The number of para-hydroxylation sites is 1. The van der Waals surface area contributed by atoms with E-state index in [0.717, 1.165) is 25.0 Å². The Kier molecular flexibility index (Phi) is 3.96. The molecule has 0 radical (unpaired) electrons. The molecule has 0 bridgehead atoms. The summed E-state index contributed by atoms with van der Waals surface area (Å²) in [5, 5.41) is 3.88. The summed E-state index contributed by atoms with van der Waals surface area (Å²) in [6, 6.07) is 6.87. The van der Waals surface area contributed by atoms with Crippen LogP contribution in [0, 0.1) is 0 Å². The lowest BCUT2D eigenvalue weighted by Gasteiger charge is -2.09. The van der Waals surface area contributed by atoms with Gasteiger partial charge < -0.3 is 10.5 Å². The molecule has 3 N–H and O–H groups in total. The van der Waals surface area contributed by atoms with E-state index in [1.807, 2.05) is 0 Å². The van der Waals surface area contributed by atoms with Crippen LogP contribution in [0.15, 0.2) is 41.2 Å². The fourth-order valence-electron chi connectivity index (χ4n) is 1.62. The van der Waals surface area contributed by atoms with Gasteiger partial charge in [-0.05, 0) is 25.0 Å². The Hall–Kier alpha value is -2.30. The zero-order valence-corrected chi connectivity index (χ0v) is 9.93. The van der Waals surface area contributed by atoms with Crippen molar-refractivity contribution in [1.29, 1.82) is 0 Å². The van der Waals surface area contributed by atoms with Gasteiger partial charge in [-0.25, -0.2) is 5.43 Å². The Bertz CT molecular complexity index is 495. The third kappa shape index (κ3) is 3.10. The van der Waals surface area contributed by atoms with Gasteiger partial charge >= 0.3 is 0 Å². The second kappa shape index (κ2) is 5.86. The predicted octanol–water partition coefficient (Wildman–Crippen LogP) is 1.68. The summed E-state index contributed by atoms with van der Waals surface area (Å²) in [4.78, 5) is 11.8. The zero-order chi connectivity index (χ0) is 12.8. The van der Waals surface area contributed by atoms with Crippen LogP contribution in [-0.2, 0) is 4.74 Å². The molecular weight excluding hydrogens is 230 g/mol. The van der Waals surface area contributed by atoms with E-state index in [4.69, 9.17) is 10.5 Å². The number of benzene rings is 1. The van der Waals surface area contributed by atoms with E-state index in [9.17, 15) is 4.79 Å². The first-order chi connectivity index (χ1) is 8.77. The topological polar surface area (TPSA) is 76.7 Å². The lowest BCUT2D eigenvalue weighted by atomic mass is 10.1. The Balaban J connectivity index is 1.94. The van der Waals surface area contributed by atoms with Gasteiger partial charge in [-0.1, -0.05) is 12.1 Å². The van der Waals surface area contributed by atoms with E-state index in [0.29, 0.717) is 11.3 Å². The highest BCUT2D eigenvalue weighted by Crippen LogP contribution is 2.10. The second-order valence-corrected chi connectivity index (χ2v) is 3.95. The maximum atomic E-state index is 11.8. The highest BCUT2D eigenvalue weighted by molar-refractivity contribution is 5.99. The van der Waals surface area contributed by atoms with Gasteiger partial charge in [0.25, 0.3) is 5.91 Å². The number of carbonyl (C=O) groups is 1. The molecule has 1 aromatic carbocycles. The van der Waals surface area contributed by atoms with Crippen molar-refractivity contribution in [1.82, 2.24) is 5.43 Å². The Morgan fingerprint density at radius 1 is 1.44 bits per heavy atom. The van der Waals surface area contributed by atoms with E-state index in [2.05, 4.69) is 10.5 Å². The molecule has 0 aliphatic carbocycles. The first kappa shape index (κ1) is 12.2. The molecule has 18 heavy (non-hydrogen) atoms. The number of ether oxygens (including phenoxy) is 1. The molecule has 0 spiro atoms. The van der Waals surface area contributed by atoms with Crippen molar-refractivity contribution in [3.05, 3.63) is 41.7 Å². The van der Waals surface area contributed by atoms with Crippen LogP contribution in [-0.4, -0.2) is 18.7 Å². The number of hydrazone groups is 1. The number of nitrogens with two attached hydrogens (primary N) is 1. The maximum absolute atomic E-state index is 11.8. The number of hydrogen-bond donors (Lipinski definition) is 2. The summed E-state index contributed by atoms with van der Waals surface area (Å²) in [5.41, 5.74) is 9.95. The molecule has 5 heteroatoms. The molecular formula is C13H15N3O2. The van der Waals surface area contributed by atoms with Crippen molar-refractivity contribution in [2.45, 2.75) is 12.8 Å². The van der Waals surface area contributed by atoms with Crippen LogP contribution in [0.2, 0.25) is 0 Å². The van der Waals surface area contributed by atoms with E-state index >= 15 is 0 Å². The average Bonchev–Trinajstić information content (AvgIpc) is 2.40. The number of amides is 1. The molecule has 1 amide bonds. The standard InChI is InChI=1S/C13H15N3O2/c14-12-6-2-1-5-11(12)13(17)16-15-8-10-4-3-7-18-9-10/h1-2,5-6,8-9H,3-4,7,14H2,(H,16,17)/b15-8+. The Morgan fingerprint density at radius 3 is 3.00 bits per heavy atom. The quantitative estimate of drug-likeness (QED) is 0.483. The zero-order valence-electron chi connectivity index (χ0n) is 9.93. The van der Waals surface area contributed by atoms with Crippen molar-refractivity contribution in [3.63, 3.8) is 0 Å². The highest BCUT2D eigenvalue weighted by Gasteiger charge is 2.07. The van der Waals surface area contributed by atoms with Gasteiger partial charge in [-0.15, -0.1) is 0 Å². The van der Waals surface area contributed by atoms with Gasteiger partial charge in [0.2, 0.25) is 0 Å². The minimum absolute atomic E-state index is 0.318. The summed E-state index contributed by atoms with van der Waals surface area (Å²) < 4.78 is 5.16. The summed E-state index contributed by atoms with van der Waals surface area (Å²) in [7, 11) is 0. The number of nitrogen functional groups attached to an aromatic ring is 1. The number of hydrogen-bond acceptors (Lipinski definition) is 4. The minimum atomic E-state index is -0.318. The summed E-state index contributed by atoms with van der Waals surface area (Å²) in [6.07, 6.45) is 5.14. The molecule has 94 valence electrons. The Morgan fingerprint density at radius 2 is 2.28 bits per heavy atom. The molecule has 1 aromatic rings. The van der Waals surface area contributed by atoms with Crippen LogP contribution < -0.4 is 11.2 Å². The fraction of sp³-hybridized carbons (Fsp3) is 0.231. The lowest BCUT2D eigenvalue weighted by molar-refractivity contribution is 0.0956. The first-order valence-electron chi connectivity index (χ1n) is 5.76. The monoisotopic (exact) mass is 245 g/mol. The van der Waals surface area contributed by atoms with Crippen molar-refractivity contribution in [2.24, 2.45) is 5.10 Å². The molecule has 0 fully saturated rings. The van der Waals surface area contributed by atoms with E-state index in [-0.39, 0.29) is 5.91 Å². The van der Waals surface area contributed by atoms with Crippen LogP contribution in [0.4, 0.5) is 5.69 Å². The van der Waals surface area contributed by atoms with E-state index in [1.165, 1.54) is 0 Å². The Labute approximate surface area is 105 Å². The second-order valence-electron chi connectivity index (χ2n) is 3.95. The van der Waals surface area contributed by atoms with Crippen molar-refractivity contribution in [3.8, 4) is 0 Å². The fourth-order valence-corrected chi connectivity index (χ4v) is 1.62.